The molecule has 100 valence electrons. The second-order valence-electron chi connectivity index (χ2n) is 5.25. The van der Waals surface area contributed by atoms with Gasteiger partial charge in [-0.05, 0) is 31.9 Å². The average Bonchev–Trinajstić information content (AvgIpc) is 2.42. The van der Waals surface area contributed by atoms with Crippen molar-refractivity contribution in [2.45, 2.75) is 44.8 Å². The number of nitrogens with zero attached hydrogens (tertiary/aromatic N) is 2. The second kappa shape index (κ2) is 5.13. The number of aryl methyl sites for hydroxylation is 1. The predicted molar refractivity (Wildman–Crippen MR) is 76.2 cm³/mol. The van der Waals surface area contributed by atoms with Gasteiger partial charge in [-0.25, -0.2) is 9.97 Å². The van der Waals surface area contributed by atoms with E-state index in [1.807, 2.05) is 31.2 Å². The van der Waals surface area contributed by atoms with Crippen LogP contribution in [-0.4, -0.2) is 27.2 Å². The maximum absolute atomic E-state index is 10.0. The van der Waals surface area contributed by atoms with Gasteiger partial charge in [0.1, 0.15) is 5.82 Å². The zero-order valence-electron chi connectivity index (χ0n) is 11.1. The molecular weight excluding hydrogens is 238 g/mol. The van der Waals surface area contributed by atoms with E-state index >= 15 is 0 Å². The number of benzene rings is 1. The minimum Gasteiger partial charge on any atom is -0.391 e. The van der Waals surface area contributed by atoms with Crippen LogP contribution in [0.5, 0.6) is 0 Å². The van der Waals surface area contributed by atoms with Crippen molar-refractivity contribution in [3.8, 4) is 0 Å². The number of aliphatic hydroxyl groups is 1. The summed E-state index contributed by atoms with van der Waals surface area (Å²) in [5.74, 6) is 0.796. The Bertz CT molecular complexity index is 585. The Morgan fingerprint density at radius 3 is 2.53 bits per heavy atom. The highest BCUT2D eigenvalue weighted by molar-refractivity contribution is 5.76. The van der Waals surface area contributed by atoms with Crippen molar-refractivity contribution in [2.24, 2.45) is 0 Å². The van der Waals surface area contributed by atoms with E-state index in [1.165, 1.54) is 0 Å². The van der Waals surface area contributed by atoms with Gasteiger partial charge in [0.05, 0.1) is 28.9 Å². The molecule has 1 aliphatic carbocycles. The third-order valence-electron chi connectivity index (χ3n) is 3.80. The number of anilines is 1. The third-order valence-corrected chi connectivity index (χ3v) is 3.80. The van der Waals surface area contributed by atoms with Crippen LogP contribution in [0.4, 0.5) is 5.82 Å². The molecular formula is C15H19N3O. The fourth-order valence-electron chi connectivity index (χ4n) is 2.68. The molecule has 1 aliphatic rings. The Balaban J connectivity index is 1.89. The topological polar surface area (TPSA) is 58.0 Å². The standard InChI is InChI=1S/C15H19N3O/c1-10-15(18-13-8-4-5-9-14(13)19)17-12-7-3-2-6-11(12)16-10/h2-3,6-7,13-14,19H,4-5,8-9H2,1H3,(H,17,18). The first-order chi connectivity index (χ1) is 9.24. The van der Waals surface area contributed by atoms with Crippen molar-refractivity contribution < 1.29 is 5.11 Å². The lowest BCUT2D eigenvalue weighted by Crippen LogP contribution is -2.36. The highest BCUT2D eigenvalue weighted by atomic mass is 16.3. The van der Waals surface area contributed by atoms with Gasteiger partial charge in [0, 0.05) is 0 Å². The highest BCUT2D eigenvalue weighted by Gasteiger charge is 2.23. The third kappa shape index (κ3) is 2.54. The van der Waals surface area contributed by atoms with Gasteiger partial charge in [-0.2, -0.15) is 0 Å². The van der Waals surface area contributed by atoms with Gasteiger partial charge in [0.15, 0.2) is 0 Å². The molecule has 4 nitrogen and oxygen atoms in total. The van der Waals surface area contributed by atoms with Crippen LogP contribution >= 0.6 is 0 Å². The number of para-hydroxylation sites is 2. The summed E-state index contributed by atoms with van der Waals surface area (Å²) in [6.45, 7) is 1.96. The molecule has 2 N–H and O–H groups in total. The van der Waals surface area contributed by atoms with Crippen molar-refractivity contribution in [1.82, 2.24) is 9.97 Å². The molecule has 1 aromatic carbocycles. The molecule has 0 spiro atoms. The van der Waals surface area contributed by atoms with Gasteiger partial charge >= 0.3 is 0 Å². The first-order valence-electron chi connectivity index (χ1n) is 6.92. The average molecular weight is 257 g/mol. The van der Waals surface area contributed by atoms with Crippen LogP contribution < -0.4 is 5.32 Å². The second-order valence-corrected chi connectivity index (χ2v) is 5.25. The molecule has 1 aromatic heterocycles. The van der Waals surface area contributed by atoms with Crippen LogP contribution in [0.2, 0.25) is 0 Å². The van der Waals surface area contributed by atoms with Crippen LogP contribution in [0.1, 0.15) is 31.4 Å². The number of hydrogen-bond acceptors (Lipinski definition) is 4. The lowest BCUT2D eigenvalue weighted by molar-refractivity contribution is 0.116. The molecule has 4 heteroatoms. The van der Waals surface area contributed by atoms with E-state index < -0.39 is 0 Å². The van der Waals surface area contributed by atoms with E-state index in [0.717, 1.165) is 48.2 Å². The highest BCUT2D eigenvalue weighted by Crippen LogP contribution is 2.23. The first kappa shape index (κ1) is 12.4. The van der Waals surface area contributed by atoms with Crippen LogP contribution in [0, 0.1) is 6.92 Å². The van der Waals surface area contributed by atoms with E-state index in [-0.39, 0.29) is 12.1 Å². The normalized spacial score (nSPS) is 23.5. The molecule has 1 heterocycles. The van der Waals surface area contributed by atoms with E-state index in [1.54, 1.807) is 0 Å². The van der Waals surface area contributed by atoms with E-state index in [9.17, 15) is 5.11 Å². The van der Waals surface area contributed by atoms with Crippen LogP contribution in [0.15, 0.2) is 24.3 Å². The smallest absolute Gasteiger partial charge is 0.148 e. The van der Waals surface area contributed by atoms with Gasteiger partial charge in [-0.3, -0.25) is 0 Å². The lowest BCUT2D eigenvalue weighted by Gasteiger charge is -2.29. The number of fused-ring (bicyclic) bond motifs is 1. The zero-order chi connectivity index (χ0) is 13.2. The van der Waals surface area contributed by atoms with Crippen molar-refractivity contribution in [3.63, 3.8) is 0 Å². The molecule has 19 heavy (non-hydrogen) atoms. The van der Waals surface area contributed by atoms with Gasteiger partial charge < -0.3 is 10.4 Å². The van der Waals surface area contributed by atoms with E-state index in [4.69, 9.17) is 0 Å². The molecule has 0 aliphatic heterocycles. The van der Waals surface area contributed by atoms with Gasteiger partial charge in [0.25, 0.3) is 0 Å². The first-order valence-corrected chi connectivity index (χ1v) is 6.92. The summed E-state index contributed by atoms with van der Waals surface area (Å²) in [6, 6.07) is 7.96. The minimum absolute atomic E-state index is 0.0999. The fourth-order valence-corrected chi connectivity index (χ4v) is 2.68. The summed E-state index contributed by atoms with van der Waals surface area (Å²) < 4.78 is 0. The number of aromatic nitrogens is 2. The molecule has 0 amide bonds. The van der Waals surface area contributed by atoms with E-state index in [0.29, 0.717) is 0 Å². The van der Waals surface area contributed by atoms with Crippen LogP contribution in [0.3, 0.4) is 0 Å². The molecule has 1 fully saturated rings. The summed E-state index contributed by atoms with van der Waals surface area (Å²) in [5.41, 5.74) is 2.69. The van der Waals surface area contributed by atoms with Crippen LogP contribution in [0.25, 0.3) is 11.0 Å². The summed E-state index contributed by atoms with van der Waals surface area (Å²) in [7, 11) is 0. The Kier molecular flexibility index (Phi) is 3.34. The predicted octanol–water partition coefficient (Wildman–Crippen LogP) is 2.65. The fraction of sp³-hybridized carbons (Fsp3) is 0.467. The van der Waals surface area contributed by atoms with Crippen LogP contribution in [-0.2, 0) is 0 Å². The molecule has 0 bridgehead atoms. The molecule has 0 radical (unpaired) electrons. The maximum Gasteiger partial charge on any atom is 0.148 e. The number of rotatable bonds is 2. The Morgan fingerprint density at radius 2 is 1.79 bits per heavy atom. The summed E-state index contributed by atoms with van der Waals surface area (Å²) in [6.07, 6.45) is 3.87. The zero-order valence-corrected chi connectivity index (χ0v) is 11.1. The van der Waals surface area contributed by atoms with Crippen molar-refractivity contribution in [3.05, 3.63) is 30.0 Å². The minimum atomic E-state index is -0.276. The molecule has 2 aromatic rings. The summed E-state index contributed by atoms with van der Waals surface area (Å²) in [5, 5.41) is 13.4. The summed E-state index contributed by atoms with van der Waals surface area (Å²) >= 11 is 0. The van der Waals surface area contributed by atoms with E-state index in [2.05, 4.69) is 15.3 Å². The van der Waals surface area contributed by atoms with Gasteiger partial charge in [0.2, 0.25) is 0 Å². The molecule has 2 unspecified atom stereocenters. The van der Waals surface area contributed by atoms with Crippen molar-refractivity contribution in [1.29, 1.82) is 0 Å². The van der Waals surface area contributed by atoms with Crippen molar-refractivity contribution in [2.75, 3.05) is 5.32 Å². The maximum atomic E-state index is 10.0. The Labute approximate surface area is 112 Å². The Hall–Kier alpha value is -1.68. The van der Waals surface area contributed by atoms with Gasteiger partial charge in [-0.15, -0.1) is 0 Å². The number of aliphatic hydroxyl groups excluding tert-OH is 1. The SMILES string of the molecule is Cc1nc2ccccc2nc1NC1CCCCC1O. The summed E-state index contributed by atoms with van der Waals surface area (Å²) in [4.78, 5) is 9.18. The molecule has 1 saturated carbocycles. The Morgan fingerprint density at radius 1 is 1.11 bits per heavy atom. The van der Waals surface area contributed by atoms with Crippen molar-refractivity contribution >= 4 is 16.9 Å². The molecule has 3 rings (SSSR count). The molecule has 2 atom stereocenters. The number of hydrogen-bond donors (Lipinski definition) is 2. The largest absolute Gasteiger partial charge is 0.391 e. The monoisotopic (exact) mass is 257 g/mol. The number of nitrogens with one attached hydrogen (secondary N) is 1. The van der Waals surface area contributed by atoms with Gasteiger partial charge in [-0.1, -0.05) is 25.0 Å². The molecule has 0 saturated heterocycles. The quantitative estimate of drug-likeness (QED) is 0.868. The lowest BCUT2D eigenvalue weighted by atomic mass is 9.92.